The molecule has 0 radical (unpaired) electrons. The van der Waals surface area contributed by atoms with Gasteiger partial charge in [-0.3, -0.25) is 4.79 Å². The summed E-state index contributed by atoms with van der Waals surface area (Å²) < 4.78 is 0. The smallest absolute Gasteiger partial charge is 0.135 e. The van der Waals surface area contributed by atoms with Crippen LogP contribution in [0.4, 0.5) is 0 Å². The summed E-state index contributed by atoms with van der Waals surface area (Å²) in [6.07, 6.45) is 3.20. The van der Waals surface area contributed by atoms with E-state index in [0.717, 1.165) is 12.8 Å². The molecule has 1 saturated carbocycles. The zero-order valence-corrected chi connectivity index (χ0v) is 7.76. The van der Waals surface area contributed by atoms with Crippen LogP contribution in [-0.4, -0.2) is 5.78 Å². The van der Waals surface area contributed by atoms with Crippen molar-refractivity contribution >= 4 is 5.78 Å². The fourth-order valence-corrected chi connectivity index (χ4v) is 2.14. The summed E-state index contributed by atoms with van der Waals surface area (Å²) in [6, 6.07) is 0. The standard InChI is InChI=1S/C10H18O/c1-7(2)9-5-4-6-10(11)8(9)3/h7-9H,4-6H2,1-3H3/t8-,9+/m1/s1. The zero-order chi connectivity index (χ0) is 8.43. The lowest BCUT2D eigenvalue weighted by atomic mass is 9.74. The molecule has 11 heavy (non-hydrogen) atoms. The Kier molecular flexibility index (Phi) is 2.69. The van der Waals surface area contributed by atoms with Gasteiger partial charge in [-0.15, -0.1) is 0 Å². The normalized spacial score (nSPS) is 32.9. The molecule has 0 heterocycles. The van der Waals surface area contributed by atoms with Crippen molar-refractivity contribution in [2.45, 2.75) is 40.0 Å². The predicted molar refractivity (Wildman–Crippen MR) is 46.4 cm³/mol. The van der Waals surface area contributed by atoms with Crippen LogP contribution < -0.4 is 0 Å². The van der Waals surface area contributed by atoms with Gasteiger partial charge in [-0.2, -0.15) is 0 Å². The quantitative estimate of drug-likeness (QED) is 0.567. The van der Waals surface area contributed by atoms with E-state index in [0.29, 0.717) is 23.5 Å². The van der Waals surface area contributed by atoms with Crippen molar-refractivity contribution in [1.29, 1.82) is 0 Å². The molecule has 1 nitrogen and oxygen atoms in total. The van der Waals surface area contributed by atoms with E-state index in [-0.39, 0.29) is 0 Å². The van der Waals surface area contributed by atoms with Crippen molar-refractivity contribution in [2.75, 3.05) is 0 Å². The summed E-state index contributed by atoms with van der Waals surface area (Å²) in [5, 5.41) is 0. The summed E-state index contributed by atoms with van der Waals surface area (Å²) in [4.78, 5) is 11.3. The van der Waals surface area contributed by atoms with Crippen molar-refractivity contribution in [3.63, 3.8) is 0 Å². The second-order valence-corrected chi connectivity index (χ2v) is 4.06. The van der Waals surface area contributed by atoms with Gasteiger partial charge in [-0.1, -0.05) is 20.8 Å². The summed E-state index contributed by atoms with van der Waals surface area (Å²) in [5.74, 6) is 2.13. The lowest BCUT2D eigenvalue weighted by Gasteiger charge is -2.30. The maximum atomic E-state index is 11.3. The Balaban J connectivity index is 2.58. The van der Waals surface area contributed by atoms with E-state index in [1.807, 2.05) is 0 Å². The van der Waals surface area contributed by atoms with Gasteiger partial charge in [-0.25, -0.2) is 0 Å². The van der Waals surface area contributed by atoms with E-state index in [9.17, 15) is 4.79 Å². The van der Waals surface area contributed by atoms with Gasteiger partial charge in [0.15, 0.2) is 0 Å². The van der Waals surface area contributed by atoms with Gasteiger partial charge < -0.3 is 0 Å². The highest BCUT2D eigenvalue weighted by Gasteiger charge is 2.29. The first-order valence-corrected chi connectivity index (χ1v) is 4.65. The van der Waals surface area contributed by atoms with Crippen LogP contribution in [-0.2, 0) is 4.79 Å². The van der Waals surface area contributed by atoms with Crippen molar-refractivity contribution in [1.82, 2.24) is 0 Å². The van der Waals surface area contributed by atoms with Crippen molar-refractivity contribution in [3.05, 3.63) is 0 Å². The Morgan fingerprint density at radius 2 is 2.09 bits per heavy atom. The summed E-state index contributed by atoms with van der Waals surface area (Å²) in [7, 11) is 0. The highest BCUT2D eigenvalue weighted by molar-refractivity contribution is 5.81. The molecule has 64 valence electrons. The third-order valence-corrected chi connectivity index (χ3v) is 2.97. The Bertz CT molecular complexity index is 149. The summed E-state index contributed by atoms with van der Waals surface area (Å²) >= 11 is 0. The number of Topliss-reactive ketones (excluding diaryl/α,β-unsaturated/α-hetero) is 1. The fraction of sp³-hybridized carbons (Fsp3) is 0.900. The number of carbonyl (C=O) groups is 1. The molecule has 0 unspecified atom stereocenters. The first-order chi connectivity index (χ1) is 5.13. The van der Waals surface area contributed by atoms with E-state index in [4.69, 9.17) is 0 Å². The lowest BCUT2D eigenvalue weighted by molar-refractivity contribution is -0.126. The third kappa shape index (κ3) is 1.82. The summed E-state index contributed by atoms with van der Waals surface area (Å²) in [6.45, 7) is 6.53. The third-order valence-electron chi connectivity index (χ3n) is 2.97. The molecule has 0 bridgehead atoms. The molecule has 0 aromatic carbocycles. The molecule has 0 aromatic rings. The first-order valence-electron chi connectivity index (χ1n) is 4.65. The number of carbonyl (C=O) groups excluding carboxylic acids is 1. The van der Waals surface area contributed by atoms with Crippen LogP contribution >= 0.6 is 0 Å². The van der Waals surface area contributed by atoms with Crippen LogP contribution in [0.15, 0.2) is 0 Å². The van der Waals surface area contributed by atoms with E-state index in [2.05, 4.69) is 20.8 Å². The molecule has 1 aliphatic carbocycles. The molecule has 2 atom stereocenters. The van der Waals surface area contributed by atoms with E-state index < -0.39 is 0 Å². The average molecular weight is 154 g/mol. The predicted octanol–water partition coefficient (Wildman–Crippen LogP) is 2.65. The van der Waals surface area contributed by atoms with Gasteiger partial charge in [0, 0.05) is 12.3 Å². The lowest BCUT2D eigenvalue weighted by Crippen LogP contribution is -2.29. The minimum atomic E-state index is 0.323. The van der Waals surface area contributed by atoms with Gasteiger partial charge in [0.05, 0.1) is 0 Å². The van der Waals surface area contributed by atoms with Crippen LogP contribution in [0.25, 0.3) is 0 Å². The average Bonchev–Trinajstić information content (AvgIpc) is 1.94. The Morgan fingerprint density at radius 3 is 2.55 bits per heavy atom. The fourth-order valence-electron chi connectivity index (χ4n) is 2.14. The molecule has 1 aliphatic rings. The number of hydrogen-bond acceptors (Lipinski definition) is 1. The van der Waals surface area contributed by atoms with Crippen molar-refractivity contribution < 1.29 is 4.79 Å². The SMILES string of the molecule is CC(C)[C@@H]1CCCC(=O)[C@@H]1C. The van der Waals surface area contributed by atoms with Crippen LogP contribution in [0, 0.1) is 17.8 Å². The number of hydrogen-bond donors (Lipinski definition) is 0. The Hall–Kier alpha value is -0.330. The minimum Gasteiger partial charge on any atom is -0.299 e. The maximum absolute atomic E-state index is 11.3. The zero-order valence-electron chi connectivity index (χ0n) is 7.76. The van der Waals surface area contributed by atoms with Crippen LogP contribution in [0.2, 0.25) is 0 Å². The molecule has 1 rings (SSSR count). The Morgan fingerprint density at radius 1 is 1.45 bits per heavy atom. The number of ketones is 1. The molecule has 1 heteroatoms. The largest absolute Gasteiger partial charge is 0.299 e. The molecule has 0 spiro atoms. The van der Waals surface area contributed by atoms with Gasteiger partial charge in [0.2, 0.25) is 0 Å². The molecular weight excluding hydrogens is 136 g/mol. The second kappa shape index (κ2) is 3.38. The van der Waals surface area contributed by atoms with Crippen molar-refractivity contribution in [3.8, 4) is 0 Å². The number of rotatable bonds is 1. The molecule has 0 N–H and O–H groups in total. The van der Waals surface area contributed by atoms with Crippen LogP contribution in [0.5, 0.6) is 0 Å². The molecule has 1 fully saturated rings. The van der Waals surface area contributed by atoms with Crippen LogP contribution in [0.3, 0.4) is 0 Å². The minimum absolute atomic E-state index is 0.323. The highest BCUT2D eigenvalue weighted by Crippen LogP contribution is 2.32. The van der Waals surface area contributed by atoms with E-state index in [1.165, 1.54) is 6.42 Å². The van der Waals surface area contributed by atoms with E-state index in [1.54, 1.807) is 0 Å². The van der Waals surface area contributed by atoms with Gasteiger partial charge in [0.25, 0.3) is 0 Å². The molecule has 0 amide bonds. The molecule has 0 aromatic heterocycles. The molecule has 0 aliphatic heterocycles. The monoisotopic (exact) mass is 154 g/mol. The van der Waals surface area contributed by atoms with Crippen molar-refractivity contribution in [2.24, 2.45) is 17.8 Å². The molecule has 0 saturated heterocycles. The maximum Gasteiger partial charge on any atom is 0.135 e. The van der Waals surface area contributed by atoms with Gasteiger partial charge in [0.1, 0.15) is 5.78 Å². The first kappa shape index (κ1) is 8.76. The van der Waals surface area contributed by atoms with E-state index >= 15 is 0 Å². The summed E-state index contributed by atoms with van der Waals surface area (Å²) in [5.41, 5.74) is 0. The Labute approximate surface area is 69.2 Å². The van der Waals surface area contributed by atoms with Gasteiger partial charge in [-0.05, 0) is 24.7 Å². The van der Waals surface area contributed by atoms with Crippen LogP contribution in [0.1, 0.15) is 40.0 Å². The van der Waals surface area contributed by atoms with Gasteiger partial charge >= 0.3 is 0 Å². The second-order valence-electron chi connectivity index (χ2n) is 4.06. The topological polar surface area (TPSA) is 17.1 Å². The highest BCUT2D eigenvalue weighted by atomic mass is 16.1. The molecular formula is C10H18O.